The van der Waals surface area contributed by atoms with Gasteiger partial charge in [-0.3, -0.25) is 0 Å². The summed E-state index contributed by atoms with van der Waals surface area (Å²) < 4.78 is 14.7. The summed E-state index contributed by atoms with van der Waals surface area (Å²) in [6.45, 7) is 4.20. The van der Waals surface area contributed by atoms with Crippen molar-refractivity contribution in [3.63, 3.8) is 0 Å². The second-order valence-corrected chi connectivity index (χ2v) is 16.2. The van der Waals surface area contributed by atoms with Gasteiger partial charge in [-0.1, -0.05) is 181 Å². The van der Waals surface area contributed by atoms with E-state index in [-0.39, 0.29) is 12.4 Å². The minimum absolute atomic E-state index is 0.0473. The van der Waals surface area contributed by atoms with Gasteiger partial charge in [-0.25, -0.2) is 4.39 Å². The molecule has 0 unspecified atom stereocenters. The molecule has 306 valence electrons. The summed E-state index contributed by atoms with van der Waals surface area (Å²) in [6.07, 6.45) is 5.13. The quantitative estimate of drug-likeness (QED) is 0.124. The molecule has 0 amide bonds. The van der Waals surface area contributed by atoms with E-state index in [1.807, 2.05) is 30.3 Å². The van der Waals surface area contributed by atoms with Crippen LogP contribution in [-0.4, -0.2) is 5.11 Å². The number of hydrogen-bond donors (Lipinski definition) is 1. The van der Waals surface area contributed by atoms with Crippen molar-refractivity contribution in [2.75, 3.05) is 4.90 Å². The van der Waals surface area contributed by atoms with Crippen molar-refractivity contribution in [1.29, 1.82) is 0 Å². The van der Waals surface area contributed by atoms with E-state index < -0.39 is 0 Å². The van der Waals surface area contributed by atoms with Crippen molar-refractivity contribution in [3.05, 3.63) is 279 Å². The summed E-state index contributed by atoms with van der Waals surface area (Å²) >= 11 is 0. The molecule has 0 atom stereocenters. The maximum atomic E-state index is 14.7. The Hall–Kier alpha value is -7.59. The number of hydrogen-bond acceptors (Lipinski definition) is 2. The molecule has 9 rings (SSSR count). The second-order valence-electron chi connectivity index (χ2n) is 16.2. The minimum Gasteiger partial charge on any atom is -0.392 e. The Morgan fingerprint density at radius 2 is 1.03 bits per heavy atom. The zero-order valence-electron chi connectivity index (χ0n) is 35.5. The molecule has 9 aromatic rings. The van der Waals surface area contributed by atoms with Crippen LogP contribution in [-0.2, 0) is 13.0 Å². The molecule has 0 aliphatic carbocycles. The summed E-state index contributed by atoms with van der Waals surface area (Å²) in [7, 11) is 0. The van der Waals surface area contributed by atoms with Crippen molar-refractivity contribution >= 4 is 51.1 Å². The van der Waals surface area contributed by atoms with Gasteiger partial charge in [-0.05, 0) is 141 Å². The Labute approximate surface area is 370 Å². The summed E-state index contributed by atoms with van der Waals surface area (Å²) in [6, 6.07) is 73.3. The molecule has 0 aliphatic rings. The zero-order chi connectivity index (χ0) is 43.1. The number of aliphatic hydroxyl groups excluding tert-OH is 1. The number of aliphatic hydroxyl groups is 1. The molecule has 0 heterocycles. The first-order chi connectivity index (χ1) is 30.9. The normalized spacial score (nSPS) is 11.0. The van der Waals surface area contributed by atoms with Gasteiger partial charge in [0.25, 0.3) is 0 Å². The monoisotopic (exact) mass is 817 g/mol. The lowest BCUT2D eigenvalue weighted by Gasteiger charge is -2.28. The molecule has 0 spiro atoms. The highest BCUT2D eigenvalue weighted by atomic mass is 19.1. The third kappa shape index (κ3) is 9.35. The molecule has 63 heavy (non-hydrogen) atoms. The van der Waals surface area contributed by atoms with E-state index in [2.05, 4.69) is 195 Å². The molecule has 0 radical (unpaired) electrons. The van der Waals surface area contributed by atoms with Crippen LogP contribution >= 0.6 is 0 Å². The highest BCUT2D eigenvalue weighted by Gasteiger charge is 2.19. The van der Waals surface area contributed by atoms with Crippen LogP contribution in [0.25, 0.3) is 34.1 Å². The summed E-state index contributed by atoms with van der Waals surface area (Å²) in [4.78, 5) is 2.31. The predicted octanol–water partition coefficient (Wildman–Crippen LogP) is 15.3. The van der Waals surface area contributed by atoms with Crippen LogP contribution in [0.5, 0.6) is 0 Å². The van der Waals surface area contributed by atoms with E-state index in [9.17, 15) is 9.50 Å². The average molecular weight is 818 g/mol. The molecule has 2 nitrogen and oxygen atoms in total. The highest BCUT2D eigenvalue weighted by molar-refractivity contribution is 6.06. The Bertz CT molecular complexity index is 2970. The Morgan fingerprint density at radius 1 is 0.460 bits per heavy atom. The first-order valence-electron chi connectivity index (χ1n) is 21.5. The number of anilines is 3. The van der Waals surface area contributed by atoms with Gasteiger partial charge >= 0.3 is 0 Å². The van der Waals surface area contributed by atoms with Gasteiger partial charge in [-0.2, -0.15) is 0 Å². The van der Waals surface area contributed by atoms with Gasteiger partial charge in [0.05, 0.1) is 12.3 Å². The Morgan fingerprint density at radius 3 is 1.63 bits per heavy atom. The largest absolute Gasteiger partial charge is 0.392 e. The fraction of sp³-hybridized carbons (Fsp3) is 0.0667. The van der Waals surface area contributed by atoms with E-state index in [1.165, 1.54) is 17.2 Å². The third-order valence-corrected chi connectivity index (χ3v) is 11.6. The standard InChI is InChI=1S/C60H48FNO/c1-42-20-26-50(27-21-42)59(51-28-22-43(2)23-29-51)40-52-30-33-60(57-19-10-9-18-56(52)57)62(54-31-24-44(41-63)25-32-54)55-37-46(34-45-12-11-17-53(61)36-45)35-47(38-55)39-58(48-13-5-3-6-14-48)49-15-7-4-8-16-49/h3-33,35-40,63H,34,41H2,1-2H3. The fourth-order valence-electron chi connectivity index (χ4n) is 8.39. The van der Waals surface area contributed by atoms with Crippen LogP contribution in [0.3, 0.4) is 0 Å². The smallest absolute Gasteiger partial charge is 0.123 e. The molecule has 3 heteroatoms. The van der Waals surface area contributed by atoms with E-state index in [1.54, 1.807) is 12.1 Å². The van der Waals surface area contributed by atoms with E-state index in [4.69, 9.17) is 0 Å². The first kappa shape index (κ1) is 40.8. The molecule has 0 aliphatic heterocycles. The number of halogens is 1. The Kier molecular flexibility index (Phi) is 12.0. The molecule has 1 N–H and O–H groups in total. The van der Waals surface area contributed by atoms with Crippen molar-refractivity contribution in [2.24, 2.45) is 0 Å². The number of benzene rings is 9. The second kappa shape index (κ2) is 18.6. The molecule has 0 saturated heterocycles. The summed E-state index contributed by atoms with van der Waals surface area (Å²) in [5, 5.41) is 12.3. The lowest BCUT2D eigenvalue weighted by molar-refractivity contribution is 0.282. The molecular weight excluding hydrogens is 770 g/mol. The first-order valence-corrected chi connectivity index (χ1v) is 21.5. The van der Waals surface area contributed by atoms with E-state index >= 15 is 0 Å². The van der Waals surface area contributed by atoms with E-state index in [0.717, 1.165) is 89.1 Å². The number of rotatable bonds is 12. The van der Waals surface area contributed by atoms with Crippen LogP contribution in [0.15, 0.2) is 212 Å². The van der Waals surface area contributed by atoms with Gasteiger partial charge < -0.3 is 10.0 Å². The highest BCUT2D eigenvalue weighted by Crippen LogP contribution is 2.42. The summed E-state index contributed by atoms with van der Waals surface area (Å²) in [5.41, 5.74) is 17.1. The zero-order valence-corrected chi connectivity index (χ0v) is 35.5. The Balaban J connectivity index is 1.26. The molecule has 0 bridgehead atoms. The minimum atomic E-state index is -0.252. The van der Waals surface area contributed by atoms with Crippen molar-refractivity contribution < 1.29 is 9.50 Å². The van der Waals surface area contributed by atoms with Gasteiger partial charge in [0.15, 0.2) is 0 Å². The van der Waals surface area contributed by atoms with Gasteiger partial charge in [-0.15, -0.1) is 0 Å². The molecule has 0 saturated carbocycles. The topological polar surface area (TPSA) is 23.5 Å². The third-order valence-electron chi connectivity index (χ3n) is 11.6. The van der Waals surface area contributed by atoms with Crippen LogP contribution in [0.1, 0.15) is 61.2 Å². The molecule has 0 fully saturated rings. The van der Waals surface area contributed by atoms with Crippen LogP contribution in [0, 0.1) is 19.7 Å². The SMILES string of the molecule is Cc1ccc(C(=Cc2ccc(N(c3ccc(CO)cc3)c3cc(C=C(c4ccccc4)c4ccccc4)cc(Cc4cccc(F)c4)c3)c3ccccc23)c2ccc(C)cc2)cc1. The fourth-order valence-corrected chi connectivity index (χ4v) is 8.39. The maximum absolute atomic E-state index is 14.7. The number of nitrogens with zero attached hydrogens (tertiary/aromatic N) is 1. The average Bonchev–Trinajstić information content (AvgIpc) is 3.32. The molecule has 0 aromatic heterocycles. The van der Waals surface area contributed by atoms with Crippen molar-refractivity contribution in [3.8, 4) is 0 Å². The number of aryl methyl sites for hydroxylation is 2. The van der Waals surface area contributed by atoms with Gasteiger partial charge in [0, 0.05) is 16.8 Å². The number of fused-ring (bicyclic) bond motifs is 1. The maximum Gasteiger partial charge on any atom is 0.123 e. The van der Waals surface area contributed by atoms with Crippen LogP contribution in [0.4, 0.5) is 21.5 Å². The predicted molar refractivity (Wildman–Crippen MR) is 263 cm³/mol. The van der Waals surface area contributed by atoms with Crippen LogP contribution in [0.2, 0.25) is 0 Å². The van der Waals surface area contributed by atoms with Crippen molar-refractivity contribution in [2.45, 2.75) is 26.9 Å². The van der Waals surface area contributed by atoms with Gasteiger partial charge in [0.2, 0.25) is 0 Å². The van der Waals surface area contributed by atoms with Crippen molar-refractivity contribution in [1.82, 2.24) is 0 Å². The molecule has 9 aromatic carbocycles. The van der Waals surface area contributed by atoms with E-state index in [0.29, 0.717) is 6.42 Å². The molecular formula is C60H48FNO. The summed E-state index contributed by atoms with van der Waals surface area (Å²) in [5.74, 6) is -0.252. The van der Waals surface area contributed by atoms with Crippen LogP contribution < -0.4 is 4.90 Å². The van der Waals surface area contributed by atoms with Gasteiger partial charge in [0.1, 0.15) is 5.82 Å². The lowest BCUT2D eigenvalue weighted by atomic mass is 9.92. The lowest BCUT2D eigenvalue weighted by Crippen LogP contribution is -2.12.